The largest absolute Gasteiger partial charge is 0.478 e. The summed E-state index contributed by atoms with van der Waals surface area (Å²) in [6.45, 7) is 3.24. The van der Waals surface area contributed by atoms with Gasteiger partial charge in [-0.3, -0.25) is 4.89 Å². The highest BCUT2D eigenvalue weighted by atomic mass is 17.2. The van der Waals surface area contributed by atoms with E-state index in [2.05, 4.69) is 16.4 Å². The molecule has 21 heavy (non-hydrogen) atoms. The van der Waals surface area contributed by atoms with Crippen molar-refractivity contribution in [2.75, 3.05) is 6.61 Å². The number of rotatable bonds is 8. The Balaban J connectivity index is 2.69. The highest BCUT2D eigenvalue weighted by molar-refractivity contribution is 6.02. The van der Waals surface area contributed by atoms with Crippen molar-refractivity contribution in [2.24, 2.45) is 0 Å². The summed E-state index contributed by atoms with van der Waals surface area (Å²) in [6, 6.07) is 4.24. The molecule has 0 aromatic heterocycles. The number of carboxylic acids is 2. The predicted molar refractivity (Wildman–Crippen MR) is 70.9 cm³/mol. The Labute approximate surface area is 120 Å². The van der Waals surface area contributed by atoms with Gasteiger partial charge in [-0.1, -0.05) is 18.7 Å². The molecule has 1 aromatic carbocycles. The molecule has 1 rings (SSSR count). The third-order valence-corrected chi connectivity index (χ3v) is 2.58. The fourth-order valence-electron chi connectivity index (χ4n) is 1.69. The first-order chi connectivity index (χ1) is 9.97. The van der Waals surface area contributed by atoms with Gasteiger partial charge in [0.1, 0.15) is 0 Å². The molecule has 0 fully saturated rings. The van der Waals surface area contributed by atoms with Crippen molar-refractivity contribution in [3.8, 4) is 0 Å². The van der Waals surface area contributed by atoms with Gasteiger partial charge in [0.15, 0.2) is 0 Å². The number of hydrogen-bond acceptors (Lipinski definition) is 5. The Morgan fingerprint density at radius 3 is 2.48 bits per heavy atom. The molecule has 0 amide bonds. The van der Waals surface area contributed by atoms with Crippen molar-refractivity contribution in [1.82, 2.24) is 0 Å². The van der Waals surface area contributed by atoms with Gasteiger partial charge in [0.25, 0.3) is 0 Å². The molecule has 0 aliphatic heterocycles. The summed E-state index contributed by atoms with van der Waals surface area (Å²) in [6.07, 6.45) is 1.57. The van der Waals surface area contributed by atoms with Gasteiger partial charge in [0, 0.05) is 6.08 Å². The zero-order valence-electron chi connectivity index (χ0n) is 11.1. The Bertz CT molecular complexity index is 562. The first-order valence-corrected chi connectivity index (χ1v) is 6.01. The number of aromatic carboxylic acids is 2. The minimum Gasteiger partial charge on any atom is -0.478 e. The first-order valence-electron chi connectivity index (χ1n) is 6.01. The van der Waals surface area contributed by atoms with Crippen LogP contribution < -0.4 is 0 Å². The molecule has 0 heterocycles. The summed E-state index contributed by atoms with van der Waals surface area (Å²) in [7, 11) is 0. The maximum atomic E-state index is 11.2. The van der Waals surface area contributed by atoms with E-state index in [1.807, 2.05) is 0 Å². The molecule has 0 atom stereocenters. The molecule has 1 aromatic rings. The lowest BCUT2D eigenvalue weighted by Gasteiger charge is -2.08. The number of hydrogen-bond donors (Lipinski definition) is 2. The Morgan fingerprint density at radius 1 is 1.19 bits per heavy atom. The summed E-state index contributed by atoms with van der Waals surface area (Å²) >= 11 is 0. The molecule has 0 saturated carbocycles. The van der Waals surface area contributed by atoms with E-state index < -0.39 is 17.9 Å². The molecular weight excluding hydrogens is 280 g/mol. The zero-order valence-corrected chi connectivity index (χ0v) is 11.1. The van der Waals surface area contributed by atoms with E-state index in [-0.39, 0.29) is 24.2 Å². The maximum absolute atomic E-state index is 11.2. The van der Waals surface area contributed by atoms with Gasteiger partial charge in [-0.25, -0.2) is 14.4 Å². The van der Waals surface area contributed by atoms with Crippen molar-refractivity contribution < 1.29 is 34.4 Å². The van der Waals surface area contributed by atoms with Crippen molar-refractivity contribution in [3.05, 3.63) is 47.5 Å². The molecule has 0 bridgehead atoms. The fraction of sp³-hybridized carbons (Fsp3) is 0.214. The van der Waals surface area contributed by atoms with E-state index in [1.54, 1.807) is 0 Å². The highest BCUT2D eigenvalue weighted by Crippen LogP contribution is 2.17. The fourth-order valence-corrected chi connectivity index (χ4v) is 1.69. The topological polar surface area (TPSA) is 110 Å². The maximum Gasteiger partial charge on any atom is 0.365 e. The number of benzene rings is 1. The second-order valence-corrected chi connectivity index (χ2v) is 3.98. The molecule has 112 valence electrons. The molecule has 7 heteroatoms. The number of carbonyl (C=O) groups excluding carboxylic acids is 1. The summed E-state index contributed by atoms with van der Waals surface area (Å²) in [4.78, 5) is 41.8. The Hall–Kier alpha value is -2.67. The third kappa shape index (κ3) is 4.73. The van der Waals surface area contributed by atoms with Crippen LogP contribution in [0.5, 0.6) is 0 Å². The molecule has 0 aliphatic carbocycles. The van der Waals surface area contributed by atoms with E-state index in [0.717, 1.165) is 6.08 Å². The lowest BCUT2D eigenvalue weighted by atomic mass is 9.98. The molecule has 7 nitrogen and oxygen atoms in total. The number of carboxylic acid groups (broad SMARTS) is 2. The van der Waals surface area contributed by atoms with Crippen LogP contribution in [0.25, 0.3) is 0 Å². The normalized spacial score (nSPS) is 9.90. The second kappa shape index (κ2) is 7.81. The van der Waals surface area contributed by atoms with Gasteiger partial charge < -0.3 is 10.2 Å². The van der Waals surface area contributed by atoms with E-state index >= 15 is 0 Å². The van der Waals surface area contributed by atoms with Gasteiger partial charge in [-0.05, 0) is 24.5 Å². The van der Waals surface area contributed by atoms with Crippen LogP contribution in [-0.4, -0.2) is 34.7 Å². The monoisotopic (exact) mass is 294 g/mol. The van der Waals surface area contributed by atoms with Crippen LogP contribution in [-0.2, 0) is 21.0 Å². The minimum absolute atomic E-state index is 0.0515. The summed E-state index contributed by atoms with van der Waals surface area (Å²) < 4.78 is 0. The van der Waals surface area contributed by atoms with Crippen LogP contribution in [0.4, 0.5) is 0 Å². The van der Waals surface area contributed by atoms with Gasteiger partial charge in [0.2, 0.25) is 0 Å². The van der Waals surface area contributed by atoms with Gasteiger partial charge in [0.05, 0.1) is 17.7 Å². The lowest BCUT2D eigenvalue weighted by Crippen LogP contribution is -2.12. The summed E-state index contributed by atoms with van der Waals surface area (Å²) in [5.74, 6) is -3.33. The standard InChI is InChI=1S/C14H14O7/c1-2-11(15)21-20-8-4-6-9-5-3-7-10(13(16)17)12(9)14(18)19/h2-3,5,7H,1,4,6,8H2,(H,16,17)(H,18,19). The molecule has 0 unspecified atom stereocenters. The third-order valence-electron chi connectivity index (χ3n) is 2.58. The Kier molecular flexibility index (Phi) is 6.09. The van der Waals surface area contributed by atoms with Crippen LogP contribution in [0.1, 0.15) is 32.7 Å². The van der Waals surface area contributed by atoms with Crippen LogP contribution in [0.15, 0.2) is 30.9 Å². The van der Waals surface area contributed by atoms with E-state index in [9.17, 15) is 14.4 Å². The quantitative estimate of drug-likeness (QED) is 0.325. The van der Waals surface area contributed by atoms with E-state index in [0.29, 0.717) is 12.0 Å². The van der Waals surface area contributed by atoms with Crippen LogP contribution in [0, 0.1) is 0 Å². The average Bonchev–Trinajstić information content (AvgIpc) is 2.45. The zero-order chi connectivity index (χ0) is 15.8. The lowest BCUT2D eigenvalue weighted by molar-refractivity contribution is -0.267. The summed E-state index contributed by atoms with van der Waals surface area (Å²) in [5.41, 5.74) is -0.131. The van der Waals surface area contributed by atoms with Crippen molar-refractivity contribution in [1.29, 1.82) is 0 Å². The number of aryl methyl sites for hydroxylation is 1. The van der Waals surface area contributed by atoms with Crippen LogP contribution in [0.2, 0.25) is 0 Å². The molecule has 0 spiro atoms. The second-order valence-electron chi connectivity index (χ2n) is 3.98. The van der Waals surface area contributed by atoms with Crippen LogP contribution >= 0.6 is 0 Å². The molecule has 0 radical (unpaired) electrons. The molecular formula is C14H14O7. The molecule has 2 N–H and O–H groups in total. The SMILES string of the molecule is C=CC(=O)OOCCCc1cccc(C(=O)O)c1C(=O)O. The number of carbonyl (C=O) groups is 3. The predicted octanol–water partition coefficient (Wildman–Crippen LogP) is 1.68. The molecule has 0 saturated heterocycles. The van der Waals surface area contributed by atoms with Gasteiger partial charge >= 0.3 is 17.9 Å². The minimum atomic E-state index is -1.30. The molecule has 0 aliphatic rings. The van der Waals surface area contributed by atoms with Gasteiger partial charge in [-0.15, -0.1) is 0 Å². The van der Waals surface area contributed by atoms with Crippen molar-refractivity contribution in [3.63, 3.8) is 0 Å². The summed E-state index contributed by atoms with van der Waals surface area (Å²) in [5, 5.41) is 18.1. The Morgan fingerprint density at radius 2 is 1.90 bits per heavy atom. The van der Waals surface area contributed by atoms with E-state index in [4.69, 9.17) is 10.2 Å². The van der Waals surface area contributed by atoms with Crippen molar-refractivity contribution >= 4 is 17.9 Å². The van der Waals surface area contributed by atoms with E-state index in [1.165, 1.54) is 18.2 Å². The highest BCUT2D eigenvalue weighted by Gasteiger charge is 2.19. The average molecular weight is 294 g/mol. The first kappa shape index (κ1) is 16.4. The van der Waals surface area contributed by atoms with Crippen molar-refractivity contribution in [2.45, 2.75) is 12.8 Å². The van der Waals surface area contributed by atoms with Crippen LogP contribution in [0.3, 0.4) is 0 Å². The van der Waals surface area contributed by atoms with Gasteiger partial charge in [-0.2, -0.15) is 4.89 Å². The smallest absolute Gasteiger partial charge is 0.365 e.